The Balaban J connectivity index is 1.52. The molecule has 0 aliphatic heterocycles. The Morgan fingerprint density at radius 1 is 1.00 bits per heavy atom. The fourth-order valence-electron chi connectivity index (χ4n) is 3.93. The molecule has 3 heterocycles. The van der Waals surface area contributed by atoms with Gasteiger partial charge in [0, 0.05) is 29.3 Å². The number of hydrogen-bond donors (Lipinski definition) is 1. The minimum absolute atomic E-state index is 0.0144. The predicted molar refractivity (Wildman–Crippen MR) is 126 cm³/mol. The number of benzene rings is 2. The topological polar surface area (TPSA) is 134 Å². The van der Waals surface area contributed by atoms with Crippen LogP contribution in [-0.2, 0) is 13.0 Å². The van der Waals surface area contributed by atoms with Gasteiger partial charge < -0.3 is 5.73 Å². The summed E-state index contributed by atoms with van der Waals surface area (Å²) in [6, 6.07) is 13.0. The first-order valence-corrected chi connectivity index (χ1v) is 10.9. The minimum atomic E-state index is -0.710. The van der Waals surface area contributed by atoms with Gasteiger partial charge in [0.05, 0.1) is 42.7 Å². The van der Waals surface area contributed by atoms with Crippen LogP contribution in [0.25, 0.3) is 28.0 Å². The summed E-state index contributed by atoms with van der Waals surface area (Å²) in [5, 5.41) is 26.6. The average Bonchev–Trinajstić information content (AvgIpc) is 3.51. The summed E-state index contributed by atoms with van der Waals surface area (Å²) in [7, 11) is 0. The van der Waals surface area contributed by atoms with Crippen molar-refractivity contribution in [3.63, 3.8) is 0 Å². The number of hydrogen-bond acceptors (Lipinski definition) is 7. The molecule has 9 nitrogen and oxygen atoms in total. The molecule has 2 N–H and O–H groups in total. The third-order valence-corrected chi connectivity index (χ3v) is 5.64. The highest BCUT2D eigenvalue weighted by atomic mass is 19.1. The Kier molecular flexibility index (Phi) is 5.80. The molecular formula is C25H17F2N9. The summed E-state index contributed by atoms with van der Waals surface area (Å²) in [4.78, 5) is 8.65. The van der Waals surface area contributed by atoms with Crippen LogP contribution in [0.1, 0.15) is 23.4 Å². The van der Waals surface area contributed by atoms with Crippen molar-refractivity contribution in [2.24, 2.45) is 0 Å². The summed E-state index contributed by atoms with van der Waals surface area (Å²) in [6.07, 6.45) is 5.20. The molecule has 36 heavy (non-hydrogen) atoms. The minimum Gasteiger partial charge on any atom is -0.381 e. The molecule has 11 heteroatoms. The molecule has 0 saturated carbocycles. The van der Waals surface area contributed by atoms with E-state index in [1.165, 1.54) is 28.9 Å². The lowest BCUT2D eigenvalue weighted by atomic mass is 9.99. The Bertz CT molecular complexity index is 1690. The molecule has 0 unspecified atom stereocenters. The van der Waals surface area contributed by atoms with Crippen molar-refractivity contribution in [2.45, 2.75) is 19.4 Å². The number of nitrogens with zero attached hydrogens (tertiary/aromatic N) is 8. The number of anilines is 1. The van der Waals surface area contributed by atoms with Crippen LogP contribution in [0.3, 0.4) is 0 Å². The monoisotopic (exact) mass is 481 g/mol. The van der Waals surface area contributed by atoms with Crippen LogP contribution < -0.4 is 5.73 Å². The lowest BCUT2D eigenvalue weighted by molar-refractivity contribution is 0.612. The van der Waals surface area contributed by atoms with E-state index >= 15 is 0 Å². The third kappa shape index (κ3) is 4.10. The second kappa shape index (κ2) is 9.24. The van der Waals surface area contributed by atoms with Crippen LogP contribution in [-0.4, -0.2) is 29.4 Å². The van der Waals surface area contributed by atoms with E-state index in [9.17, 15) is 8.78 Å². The van der Waals surface area contributed by atoms with Gasteiger partial charge in [-0.2, -0.15) is 20.7 Å². The average molecular weight is 481 g/mol. The molecule has 0 spiro atoms. The van der Waals surface area contributed by atoms with Crippen LogP contribution in [0.5, 0.6) is 0 Å². The van der Waals surface area contributed by atoms with Gasteiger partial charge in [-0.25, -0.2) is 23.3 Å². The van der Waals surface area contributed by atoms with Crippen molar-refractivity contribution in [2.75, 3.05) is 5.73 Å². The molecule has 0 radical (unpaired) electrons. The Labute approximate surface area is 203 Å². The molecule has 176 valence electrons. The Hall–Kier alpha value is -5.16. The van der Waals surface area contributed by atoms with Crippen molar-refractivity contribution in [1.29, 1.82) is 10.5 Å². The van der Waals surface area contributed by atoms with Gasteiger partial charge in [-0.15, -0.1) is 0 Å². The maximum Gasteiger partial charge on any atom is 0.198 e. The fraction of sp³-hybridized carbons (Fsp3) is 0.120. The van der Waals surface area contributed by atoms with E-state index in [0.717, 1.165) is 0 Å². The number of aromatic nitrogens is 6. The molecule has 5 rings (SSSR count). The van der Waals surface area contributed by atoms with Crippen LogP contribution in [0.2, 0.25) is 0 Å². The van der Waals surface area contributed by atoms with E-state index in [1.807, 2.05) is 0 Å². The first-order chi connectivity index (χ1) is 17.5. The molecule has 0 aliphatic carbocycles. The van der Waals surface area contributed by atoms with Gasteiger partial charge in [-0.3, -0.25) is 4.68 Å². The molecular weight excluding hydrogens is 464 g/mol. The highest BCUT2D eigenvalue weighted by molar-refractivity contribution is 5.69. The number of aryl methyl sites for hydroxylation is 1. The van der Waals surface area contributed by atoms with E-state index in [2.05, 4.69) is 26.2 Å². The van der Waals surface area contributed by atoms with Crippen molar-refractivity contribution in [1.82, 2.24) is 29.4 Å². The second-order valence-corrected chi connectivity index (χ2v) is 7.93. The summed E-state index contributed by atoms with van der Waals surface area (Å²) >= 11 is 0. The molecule has 0 atom stereocenters. The Morgan fingerprint density at radius 2 is 1.81 bits per heavy atom. The zero-order valence-electron chi connectivity index (χ0n) is 18.7. The number of nitriles is 2. The number of nitrogen functional groups attached to an aromatic ring is 1. The molecule has 3 aromatic heterocycles. The van der Waals surface area contributed by atoms with Gasteiger partial charge in [0.2, 0.25) is 0 Å². The quantitative estimate of drug-likeness (QED) is 0.389. The maximum atomic E-state index is 14.9. The summed E-state index contributed by atoms with van der Waals surface area (Å²) in [6.45, 7) is 0.432. The van der Waals surface area contributed by atoms with Gasteiger partial charge in [0.15, 0.2) is 17.3 Å². The van der Waals surface area contributed by atoms with Gasteiger partial charge >= 0.3 is 0 Å². The van der Waals surface area contributed by atoms with Gasteiger partial charge in [0.25, 0.3) is 0 Å². The first kappa shape index (κ1) is 22.6. The molecule has 0 amide bonds. The standard InChI is InChI=1S/C25H17F2N9/c26-20-7-2-5-17(16-12-31-35(13-16)9-3-8-28)19(20)10-22-33-25-24(30)32-21(14-36(25)34-22)18-6-1-4-15(11-29)23(18)27/h1-2,4-7,12-14H,3,9-10H2,(H2,30,32). The van der Waals surface area contributed by atoms with Crippen molar-refractivity contribution in [3.8, 4) is 34.5 Å². The van der Waals surface area contributed by atoms with Crippen molar-refractivity contribution >= 4 is 11.5 Å². The number of nitrogens with two attached hydrogens (primary N) is 1. The third-order valence-electron chi connectivity index (χ3n) is 5.64. The number of rotatable bonds is 6. The van der Waals surface area contributed by atoms with Gasteiger partial charge in [0.1, 0.15) is 17.7 Å². The van der Waals surface area contributed by atoms with E-state index in [4.69, 9.17) is 16.3 Å². The molecule has 0 saturated heterocycles. The highest BCUT2D eigenvalue weighted by Gasteiger charge is 2.18. The maximum absolute atomic E-state index is 14.9. The van der Waals surface area contributed by atoms with E-state index < -0.39 is 11.6 Å². The Morgan fingerprint density at radius 3 is 2.61 bits per heavy atom. The van der Waals surface area contributed by atoms with Crippen molar-refractivity contribution in [3.05, 3.63) is 83.6 Å². The smallest absolute Gasteiger partial charge is 0.198 e. The van der Waals surface area contributed by atoms with Gasteiger partial charge in [-0.05, 0) is 23.8 Å². The van der Waals surface area contributed by atoms with E-state index in [1.54, 1.807) is 41.3 Å². The van der Waals surface area contributed by atoms with E-state index in [-0.39, 0.29) is 40.5 Å². The summed E-state index contributed by atoms with van der Waals surface area (Å²) < 4.78 is 32.6. The first-order valence-electron chi connectivity index (χ1n) is 10.9. The normalized spacial score (nSPS) is 10.9. The number of fused-ring (bicyclic) bond motifs is 1. The highest BCUT2D eigenvalue weighted by Crippen LogP contribution is 2.28. The molecule has 5 aromatic rings. The van der Waals surface area contributed by atoms with Crippen LogP contribution >= 0.6 is 0 Å². The predicted octanol–water partition coefficient (Wildman–Crippen LogP) is 3.89. The lowest BCUT2D eigenvalue weighted by Gasteiger charge is -2.07. The largest absolute Gasteiger partial charge is 0.381 e. The van der Waals surface area contributed by atoms with E-state index in [0.29, 0.717) is 29.7 Å². The SMILES string of the molecule is N#CCCn1cc(-c2cccc(F)c2Cc2nc3c(N)nc(-c4cccc(C#N)c4F)cn3n2)cn1. The molecule has 2 aromatic carbocycles. The van der Waals surface area contributed by atoms with Crippen molar-refractivity contribution < 1.29 is 8.78 Å². The zero-order valence-corrected chi connectivity index (χ0v) is 18.7. The molecule has 0 bridgehead atoms. The second-order valence-electron chi connectivity index (χ2n) is 7.93. The lowest BCUT2D eigenvalue weighted by Crippen LogP contribution is -2.01. The zero-order chi connectivity index (χ0) is 25.2. The summed E-state index contributed by atoms with van der Waals surface area (Å²) in [5.41, 5.74) is 8.19. The fourth-order valence-corrected chi connectivity index (χ4v) is 3.93. The number of halogens is 2. The van der Waals surface area contributed by atoms with Crippen LogP contribution in [0.4, 0.5) is 14.6 Å². The van der Waals surface area contributed by atoms with Crippen LogP contribution in [0, 0.1) is 34.3 Å². The summed E-state index contributed by atoms with van der Waals surface area (Å²) in [5.74, 6) is -0.841. The van der Waals surface area contributed by atoms with Gasteiger partial charge in [-0.1, -0.05) is 18.2 Å². The molecule has 0 aliphatic rings. The molecule has 0 fully saturated rings. The van der Waals surface area contributed by atoms with Crippen LogP contribution in [0.15, 0.2) is 55.0 Å².